The lowest BCUT2D eigenvalue weighted by atomic mass is 10.1. The molecular formula is C20H25N3O2. The lowest BCUT2D eigenvalue weighted by Gasteiger charge is -2.27. The molecule has 0 aliphatic rings. The molecule has 25 heavy (non-hydrogen) atoms. The van der Waals surface area contributed by atoms with E-state index >= 15 is 0 Å². The van der Waals surface area contributed by atoms with Crippen molar-refractivity contribution in [2.75, 3.05) is 43.7 Å². The average molecular weight is 339 g/mol. The van der Waals surface area contributed by atoms with Crippen LogP contribution in [0.2, 0.25) is 0 Å². The van der Waals surface area contributed by atoms with Crippen LogP contribution in [0.5, 0.6) is 0 Å². The quantitative estimate of drug-likeness (QED) is 0.312. The number of para-hydroxylation sites is 2. The van der Waals surface area contributed by atoms with Gasteiger partial charge in [-0.2, -0.15) is 0 Å². The summed E-state index contributed by atoms with van der Waals surface area (Å²) in [4.78, 5) is 16.3. The van der Waals surface area contributed by atoms with Crippen molar-refractivity contribution in [1.82, 2.24) is 0 Å². The highest BCUT2D eigenvalue weighted by atomic mass is 16.5. The largest absolute Gasteiger partial charge is 0.385 e. The Morgan fingerprint density at radius 1 is 1.08 bits per heavy atom. The Labute approximate surface area is 149 Å². The number of Topliss-reactive ketones (excluding diaryl/α,β-unsaturated/α-hetero) is 1. The first kappa shape index (κ1) is 18.7. The summed E-state index contributed by atoms with van der Waals surface area (Å²) in [6.45, 7) is 1.67. The lowest BCUT2D eigenvalue weighted by molar-refractivity contribution is 0.100. The molecule has 132 valence electrons. The number of carbonyl (C=O) groups excluding carboxylic acids is 1. The van der Waals surface area contributed by atoms with E-state index in [-0.39, 0.29) is 12.3 Å². The van der Waals surface area contributed by atoms with Crippen molar-refractivity contribution < 1.29 is 9.53 Å². The second-order valence-electron chi connectivity index (χ2n) is 5.80. The van der Waals surface area contributed by atoms with Gasteiger partial charge in [0, 0.05) is 32.9 Å². The maximum atomic E-state index is 12.5. The maximum absolute atomic E-state index is 12.5. The summed E-state index contributed by atoms with van der Waals surface area (Å²) in [5.41, 5.74) is 2.49. The van der Waals surface area contributed by atoms with Gasteiger partial charge in [-0.3, -0.25) is 10.2 Å². The van der Waals surface area contributed by atoms with E-state index in [1.165, 1.54) is 6.34 Å². The van der Waals surface area contributed by atoms with Crippen molar-refractivity contribution in [1.29, 1.82) is 5.41 Å². The second kappa shape index (κ2) is 9.59. The van der Waals surface area contributed by atoms with Crippen LogP contribution in [0.1, 0.15) is 16.8 Å². The van der Waals surface area contributed by atoms with Crippen LogP contribution in [0.3, 0.4) is 0 Å². The number of hydrogen-bond acceptors (Lipinski definition) is 4. The van der Waals surface area contributed by atoms with Gasteiger partial charge < -0.3 is 14.5 Å². The summed E-state index contributed by atoms with van der Waals surface area (Å²) in [5.74, 6) is -0.0130. The number of ketones is 1. The highest BCUT2D eigenvalue weighted by Crippen LogP contribution is 2.28. The zero-order chi connectivity index (χ0) is 18.1. The molecule has 0 aromatic heterocycles. The van der Waals surface area contributed by atoms with Crippen LogP contribution in [0, 0.1) is 5.41 Å². The predicted octanol–water partition coefficient (Wildman–Crippen LogP) is 3.46. The third kappa shape index (κ3) is 5.16. The Kier molecular flexibility index (Phi) is 7.16. The first-order valence-corrected chi connectivity index (χ1v) is 8.32. The molecular weight excluding hydrogens is 314 g/mol. The van der Waals surface area contributed by atoms with Gasteiger partial charge in [-0.1, -0.05) is 42.5 Å². The standard InChI is InChI=1S/C20H25N3O2/c1-22(13-8-14-25-2)18-11-6-7-12-19(18)23(16-21)15-20(24)17-9-4-3-5-10-17/h3-7,9-12,16,21H,8,13-15H2,1-2H3. The van der Waals surface area contributed by atoms with E-state index in [4.69, 9.17) is 10.1 Å². The fraction of sp³-hybridized carbons (Fsp3) is 0.300. The molecule has 0 bridgehead atoms. The van der Waals surface area contributed by atoms with E-state index in [1.807, 2.05) is 49.5 Å². The number of hydrogen-bond donors (Lipinski definition) is 1. The van der Waals surface area contributed by atoms with Crippen molar-refractivity contribution in [3.05, 3.63) is 60.2 Å². The molecule has 0 spiro atoms. The summed E-state index contributed by atoms with van der Waals surface area (Å²) >= 11 is 0. The van der Waals surface area contributed by atoms with Crippen LogP contribution in [0.4, 0.5) is 11.4 Å². The molecule has 0 atom stereocenters. The molecule has 0 fully saturated rings. The molecule has 5 nitrogen and oxygen atoms in total. The molecule has 0 amide bonds. The highest BCUT2D eigenvalue weighted by molar-refractivity contribution is 6.02. The first-order valence-electron chi connectivity index (χ1n) is 8.32. The highest BCUT2D eigenvalue weighted by Gasteiger charge is 2.16. The van der Waals surface area contributed by atoms with E-state index in [9.17, 15) is 4.79 Å². The minimum Gasteiger partial charge on any atom is -0.385 e. The van der Waals surface area contributed by atoms with Crippen LogP contribution < -0.4 is 9.80 Å². The number of anilines is 2. The Morgan fingerprint density at radius 2 is 1.72 bits per heavy atom. The van der Waals surface area contributed by atoms with Crippen LogP contribution in [0.15, 0.2) is 54.6 Å². The summed E-state index contributed by atoms with van der Waals surface area (Å²) < 4.78 is 5.11. The number of nitrogens with zero attached hydrogens (tertiary/aromatic N) is 2. The van der Waals surface area contributed by atoms with Crippen LogP contribution in [-0.2, 0) is 4.74 Å². The number of nitrogens with one attached hydrogen (secondary N) is 1. The summed E-state index contributed by atoms with van der Waals surface area (Å²) in [6, 6.07) is 17.0. The van der Waals surface area contributed by atoms with Gasteiger partial charge in [0.1, 0.15) is 0 Å². The van der Waals surface area contributed by atoms with E-state index in [0.717, 1.165) is 24.3 Å². The zero-order valence-electron chi connectivity index (χ0n) is 14.8. The normalized spacial score (nSPS) is 10.3. The van der Waals surface area contributed by atoms with E-state index < -0.39 is 0 Å². The molecule has 2 rings (SSSR count). The Morgan fingerprint density at radius 3 is 2.36 bits per heavy atom. The topological polar surface area (TPSA) is 56.6 Å². The molecule has 0 radical (unpaired) electrons. The van der Waals surface area contributed by atoms with Crippen molar-refractivity contribution >= 4 is 23.5 Å². The van der Waals surface area contributed by atoms with E-state index in [1.54, 1.807) is 24.1 Å². The van der Waals surface area contributed by atoms with E-state index in [0.29, 0.717) is 12.2 Å². The maximum Gasteiger partial charge on any atom is 0.182 e. The third-order valence-corrected chi connectivity index (χ3v) is 4.01. The number of ether oxygens (including phenoxy) is 1. The van der Waals surface area contributed by atoms with Gasteiger partial charge in [0.05, 0.1) is 24.3 Å². The minimum absolute atomic E-state index is 0.0130. The molecule has 2 aromatic carbocycles. The number of methoxy groups -OCH3 is 1. The molecule has 0 unspecified atom stereocenters. The number of rotatable bonds is 10. The zero-order valence-corrected chi connectivity index (χ0v) is 14.8. The van der Waals surface area contributed by atoms with Crippen molar-refractivity contribution in [3.63, 3.8) is 0 Å². The molecule has 2 aromatic rings. The van der Waals surface area contributed by atoms with E-state index in [2.05, 4.69) is 4.90 Å². The van der Waals surface area contributed by atoms with Gasteiger partial charge in [-0.15, -0.1) is 0 Å². The average Bonchev–Trinajstić information content (AvgIpc) is 2.66. The molecule has 5 heteroatoms. The fourth-order valence-electron chi connectivity index (χ4n) is 2.67. The number of carbonyl (C=O) groups is 1. The van der Waals surface area contributed by atoms with Gasteiger partial charge in [-0.05, 0) is 18.6 Å². The molecule has 0 aliphatic carbocycles. The van der Waals surface area contributed by atoms with Crippen molar-refractivity contribution in [2.24, 2.45) is 0 Å². The SMILES string of the molecule is COCCCN(C)c1ccccc1N(C=N)CC(=O)c1ccccc1. The third-order valence-electron chi connectivity index (χ3n) is 4.01. The minimum atomic E-state index is -0.0130. The van der Waals surface area contributed by atoms with Gasteiger partial charge >= 0.3 is 0 Å². The first-order chi connectivity index (χ1) is 12.2. The van der Waals surface area contributed by atoms with Crippen LogP contribution in [-0.4, -0.2) is 46.0 Å². The summed E-state index contributed by atoms with van der Waals surface area (Å²) in [5, 5.41) is 7.77. The smallest absolute Gasteiger partial charge is 0.182 e. The lowest BCUT2D eigenvalue weighted by Crippen LogP contribution is -2.30. The predicted molar refractivity (Wildman–Crippen MR) is 103 cm³/mol. The van der Waals surface area contributed by atoms with Gasteiger partial charge in [-0.25, -0.2) is 0 Å². The Bertz CT molecular complexity index is 688. The second-order valence-corrected chi connectivity index (χ2v) is 5.80. The number of benzene rings is 2. The molecule has 0 saturated carbocycles. The van der Waals surface area contributed by atoms with Crippen LogP contribution >= 0.6 is 0 Å². The van der Waals surface area contributed by atoms with Gasteiger partial charge in [0.15, 0.2) is 5.78 Å². The van der Waals surface area contributed by atoms with Crippen LogP contribution in [0.25, 0.3) is 0 Å². The molecule has 0 aliphatic heterocycles. The Balaban J connectivity index is 2.17. The molecule has 1 N–H and O–H groups in total. The summed E-state index contributed by atoms with van der Waals surface area (Å²) in [7, 11) is 3.70. The molecule has 0 saturated heterocycles. The monoisotopic (exact) mass is 339 g/mol. The van der Waals surface area contributed by atoms with Crippen molar-refractivity contribution in [2.45, 2.75) is 6.42 Å². The Hall–Kier alpha value is -2.66. The van der Waals surface area contributed by atoms with Gasteiger partial charge in [0.25, 0.3) is 0 Å². The fourth-order valence-corrected chi connectivity index (χ4v) is 2.67. The van der Waals surface area contributed by atoms with Crippen molar-refractivity contribution in [3.8, 4) is 0 Å². The van der Waals surface area contributed by atoms with Gasteiger partial charge in [0.2, 0.25) is 0 Å². The summed E-state index contributed by atoms with van der Waals surface area (Å²) in [6.07, 6.45) is 2.12. The molecule has 0 heterocycles.